The van der Waals surface area contributed by atoms with E-state index in [1.165, 1.54) is 7.11 Å². The largest absolute Gasteiger partial charge is 0.465 e. The molecule has 0 amide bonds. The number of methoxy groups -OCH3 is 1. The van der Waals surface area contributed by atoms with E-state index in [0.29, 0.717) is 12.1 Å². The van der Waals surface area contributed by atoms with Crippen LogP contribution in [0.3, 0.4) is 0 Å². The molecule has 1 heterocycles. The van der Waals surface area contributed by atoms with Crippen LogP contribution in [0.1, 0.15) is 21.5 Å². The first-order valence-corrected chi connectivity index (χ1v) is 6.41. The number of ether oxygens (including phenoxy) is 1. The molecule has 104 valence electrons. The average molecular weight is 270 g/mol. The minimum atomic E-state index is -0.324. The van der Waals surface area contributed by atoms with Crippen LogP contribution in [0, 0.1) is 6.92 Å². The maximum Gasteiger partial charge on any atom is 0.339 e. The Hall–Kier alpha value is -2.36. The van der Waals surface area contributed by atoms with E-state index in [1.807, 2.05) is 49.5 Å². The van der Waals surface area contributed by atoms with Gasteiger partial charge in [0.15, 0.2) is 0 Å². The molecule has 4 heteroatoms. The Kier molecular flexibility index (Phi) is 4.35. The number of esters is 1. The summed E-state index contributed by atoms with van der Waals surface area (Å²) < 4.78 is 4.82. The molecular weight excluding hydrogens is 252 g/mol. The molecule has 0 radical (unpaired) electrons. The van der Waals surface area contributed by atoms with Crippen LogP contribution in [-0.4, -0.2) is 25.1 Å². The smallest absolute Gasteiger partial charge is 0.339 e. The topological polar surface area (TPSA) is 42.4 Å². The zero-order chi connectivity index (χ0) is 14.5. The maximum absolute atomic E-state index is 11.8. The third-order valence-corrected chi connectivity index (χ3v) is 3.07. The Balaban J connectivity index is 2.25. The molecule has 0 spiro atoms. The van der Waals surface area contributed by atoms with Crippen LogP contribution in [0.2, 0.25) is 0 Å². The predicted octanol–water partition coefficient (Wildman–Crippen LogP) is 2.81. The van der Waals surface area contributed by atoms with Crippen LogP contribution in [0.25, 0.3) is 0 Å². The minimum Gasteiger partial charge on any atom is -0.465 e. The van der Waals surface area contributed by atoms with E-state index in [1.54, 1.807) is 6.07 Å². The molecule has 0 aliphatic rings. The molecule has 0 unspecified atom stereocenters. The highest BCUT2D eigenvalue weighted by Crippen LogP contribution is 2.21. The first kappa shape index (κ1) is 14.1. The van der Waals surface area contributed by atoms with Gasteiger partial charge in [0.25, 0.3) is 0 Å². The molecule has 0 saturated heterocycles. The van der Waals surface area contributed by atoms with Gasteiger partial charge in [-0.25, -0.2) is 4.79 Å². The van der Waals surface area contributed by atoms with Crippen molar-refractivity contribution in [2.45, 2.75) is 13.5 Å². The fourth-order valence-corrected chi connectivity index (χ4v) is 2.15. The van der Waals surface area contributed by atoms with Crippen molar-refractivity contribution in [3.63, 3.8) is 0 Å². The second-order valence-corrected chi connectivity index (χ2v) is 4.74. The Labute approximate surface area is 119 Å². The monoisotopic (exact) mass is 270 g/mol. The summed E-state index contributed by atoms with van der Waals surface area (Å²) >= 11 is 0. The number of hydrogen-bond donors (Lipinski definition) is 0. The summed E-state index contributed by atoms with van der Waals surface area (Å²) in [6.45, 7) is 2.70. The number of hydrogen-bond acceptors (Lipinski definition) is 4. The third kappa shape index (κ3) is 3.15. The number of nitrogens with zero attached hydrogens (tertiary/aromatic N) is 2. The number of para-hydroxylation sites is 1. The molecule has 4 nitrogen and oxygen atoms in total. The van der Waals surface area contributed by atoms with E-state index in [4.69, 9.17) is 4.74 Å². The highest BCUT2D eigenvalue weighted by Gasteiger charge is 2.14. The zero-order valence-corrected chi connectivity index (χ0v) is 12.0. The molecule has 0 aliphatic heterocycles. The number of carbonyl (C=O) groups excluding carboxylic acids is 1. The second kappa shape index (κ2) is 6.19. The van der Waals surface area contributed by atoms with Gasteiger partial charge in [-0.2, -0.15) is 0 Å². The van der Waals surface area contributed by atoms with Crippen LogP contribution < -0.4 is 4.90 Å². The summed E-state index contributed by atoms with van der Waals surface area (Å²) in [7, 11) is 3.34. The van der Waals surface area contributed by atoms with E-state index in [2.05, 4.69) is 11.1 Å². The van der Waals surface area contributed by atoms with Gasteiger partial charge in [0.2, 0.25) is 0 Å². The molecule has 1 aromatic heterocycles. The molecule has 0 atom stereocenters. The fourth-order valence-electron chi connectivity index (χ4n) is 2.15. The van der Waals surface area contributed by atoms with E-state index in [0.717, 1.165) is 16.8 Å². The lowest BCUT2D eigenvalue weighted by Gasteiger charge is -2.21. The standard InChI is InChI=1S/C16H18N2O2/c1-12-8-13(10-17-9-12)11-18(2)15-7-5-4-6-14(15)16(19)20-3/h4-10H,11H2,1-3H3. The Bertz CT molecular complexity index is 611. The van der Waals surface area contributed by atoms with Crippen LogP contribution in [0.15, 0.2) is 42.7 Å². The van der Waals surface area contributed by atoms with Crippen molar-refractivity contribution in [1.29, 1.82) is 0 Å². The molecule has 1 aromatic carbocycles. The van der Waals surface area contributed by atoms with Crippen LogP contribution in [-0.2, 0) is 11.3 Å². The van der Waals surface area contributed by atoms with E-state index < -0.39 is 0 Å². The summed E-state index contributed by atoms with van der Waals surface area (Å²) in [5, 5.41) is 0. The van der Waals surface area contributed by atoms with Crippen LogP contribution in [0.5, 0.6) is 0 Å². The molecule has 2 rings (SSSR count). The van der Waals surface area contributed by atoms with Crippen molar-refractivity contribution < 1.29 is 9.53 Å². The van der Waals surface area contributed by atoms with Crippen molar-refractivity contribution in [2.75, 3.05) is 19.1 Å². The predicted molar refractivity (Wildman–Crippen MR) is 78.9 cm³/mol. The Morgan fingerprint density at radius 1 is 1.30 bits per heavy atom. The summed E-state index contributed by atoms with van der Waals surface area (Å²) in [6.07, 6.45) is 3.66. The van der Waals surface area contributed by atoms with Gasteiger partial charge in [-0.05, 0) is 30.2 Å². The van der Waals surface area contributed by atoms with E-state index in [-0.39, 0.29) is 5.97 Å². The van der Waals surface area contributed by atoms with Gasteiger partial charge in [0, 0.05) is 26.0 Å². The molecule has 0 bridgehead atoms. The summed E-state index contributed by atoms with van der Waals surface area (Å²) in [6, 6.07) is 9.51. The zero-order valence-electron chi connectivity index (χ0n) is 12.0. The molecule has 0 fully saturated rings. The quantitative estimate of drug-likeness (QED) is 0.801. The average Bonchev–Trinajstić information content (AvgIpc) is 2.46. The third-order valence-electron chi connectivity index (χ3n) is 3.07. The van der Waals surface area contributed by atoms with Crippen LogP contribution >= 0.6 is 0 Å². The van der Waals surface area contributed by atoms with Crippen LogP contribution in [0.4, 0.5) is 5.69 Å². The minimum absolute atomic E-state index is 0.324. The van der Waals surface area contributed by atoms with Gasteiger partial charge in [-0.1, -0.05) is 18.2 Å². The molecular formula is C16H18N2O2. The van der Waals surface area contributed by atoms with Crippen molar-refractivity contribution in [3.8, 4) is 0 Å². The summed E-state index contributed by atoms with van der Waals surface area (Å²) in [5.41, 5.74) is 3.64. The Morgan fingerprint density at radius 2 is 2.05 bits per heavy atom. The van der Waals surface area contributed by atoms with E-state index in [9.17, 15) is 4.79 Å². The Morgan fingerprint density at radius 3 is 2.75 bits per heavy atom. The lowest BCUT2D eigenvalue weighted by atomic mass is 10.1. The fraction of sp³-hybridized carbons (Fsp3) is 0.250. The molecule has 0 saturated carbocycles. The van der Waals surface area contributed by atoms with Gasteiger partial charge in [0.1, 0.15) is 0 Å². The molecule has 2 aromatic rings. The van der Waals surface area contributed by atoms with Gasteiger partial charge >= 0.3 is 5.97 Å². The number of rotatable bonds is 4. The molecule has 20 heavy (non-hydrogen) atoms. The highest BCUT2D eigenvalue weighted by atomic mass is 16.5. The lowest BCUT2D eigenvalue weighted by Crippen LogP contribution is -2.20. The summed E-state index contributed by atoms with van der Waals surface area (Å²) in [5.74, 6) is -0.324. The first-order chi connectivity index (χ1) is 9.61. The van der Waals surface area contributed by atoms with E-state index >= 15 is 0 Å². The van der Waals surface area contributed by atoms with Gasteiger partial charge in [0.05, 0.1) is 18.4 Å². The van der Waals surface area contributed by atoms with Crippen molar-refractivity contribution >= 4 is 11.7 Å². The second-order valence-electron chi connectivity index (χ2n) is 4.74. The normalized spacial score (nSPS) is 10.2. The number of anilines is 1. The van der Waals surface area contributed by atoms with Gasteiger partial charge in [-0.3, -0.25) is 4.98 Å². The molecule has 0 N–H and O–H groups in total. The first-order valence-electron chi connectivity index (χ1n) is 6.41. The van der Waals surface area contributed by atoms with Crippen molar-refractivity contribution in [2.24, 2.45) is 0 Å². The molecule has 0 aliphatic carbocycles. The van der Waals surface area contributed by atoms with Gasteiger partial charge < -0.3 is 9.64 Å². The highest BCUT2D eigenvalue weighted by molar-refractivity contribution is 5.95. The van der Waals surface area contributed by atoms with Gasteiger partial charge in [-0.15, -0.1) is 0 Å². The van der Waals surface area contributed by atoms with Crippen molar-refractivity contribution in [3.05, 3.63) is 59.4 Å². The maximum atomic E-state index is 11.8. The lowest BCUT2D eigenvalue weighted by molar-refractivity contribution is 0.0601. The number of pyridine rings is 1. The number of aryl methyl sites for hydroxylation is 1. The number of carbonyl (C=O) groups is 1. The number of aromatic nitrogens is 1. The number of benzene rings is 1. The van der Waals surface area contributed by atoms with Crippen molar-refractivity contribution in [1.82, 2.24) is 4.98 Å². The SMILES string of the molecule is COC(=O)c1ccccc1N(C)Cc1cncc(C)c1. The summed E-state index contributed by atoms with van der Waals surface area (Å²) in [4.78, 5) is 18.0.